The molecule has 1 aliphatic carbocycles. The minimum Gasteiger partial charge on any atom is -0.420 e. The maximum Gasteiger partial charge on any atom is 0.409 e. The zero-order valence-corrected chi connectivity index (χ0v) is 21.9. The fourth-order valence-electron chi connectivity index (χ4n) is 4.45. The number of amides is 2. The van der Waals surface area contributed by atoms with Gasteiger partial charge in [0.05, 0.1) is 19.1 Å². The van der Waals surface area contributed by atoms with Crippen molar-refractivity contribution in [1.82, 2.24) is 25.7 Å². The summed E-state index contributed by atoms with van der Waals surface area (Å²) in [4.78, 5) is 37.2. The van der Waals surface area contributed by atoms with E-state index >= 15 is 0 Å². The van der Waals surface area contributed by atoms with Gasteiger partial charge >= 0.3 is 6.09 Å². The Morgan fingerprint density at radius 1 is 1.19 bits per heavy atom. The highest BCUT2D eigenvalue weighted by molar-refractivity contribution is 7.09. The number of nitrogens with zero attached hydrogens (tertiary/aromatic N) is 3. The molecule has 1 aliphatic heterocycles. The molecule has 1 saturated heterocycles. The number of nitrogens with one attached hydrogen (secondary N) is 4. The molecule has 202 valence electrons. The summed E-state index contributed by atoms with van der Waals surface area (Å²) in [6, 6.07) is 0. The zero-order valence-electron chi connectivity index (χ0n) is 20.3. The molecular weight excluding hydrogens is 525 g/mol. The van der Waals surface area contributed by atoms with Crippen LogP contribution in [0.15, 0.2) is 11.6 Å². The first-order valence-corrected chi connectivity index (χ1v) is 13.7. The van der Waals surface area contributed by atoms with E-state index < -0.39 is 30.0 Å². The second-order valence-electron chi connectivity index (χ2n) is 9.06. The predicted octanol–water partition coefficient (Wildman–Crippen LogP) is 4.23. The molecule has 11 nitrogen and oxygen atoms in total. The molecule has 14 heteroatoms. The molecule has 0 aromatic carbocycles. The van der Waals surface area contributed by atoms with Crippen molar-refractivity contribution in [1.29, 1.82) is 0 Å². The van der Waals surface area contributed by atoms with Gasteiger partial charge < -0.3 is 20.1 Å². The van der Waals surface area contributed by atoms with Crippen molar-refractivity contribution in [2.75, 3.05) is 23.9 Å². The van der Waals surface area contributed by atoms with Gasteiger partial charge in [-0.05, 0) is 36.8 Å². The highest BCUT2D eigenvalue weighted by Crippen LogP contribution is 2.30. The van der Waals surface area contributed by atoms with Crippen molar-refractivity contribution in [3.8, 4) is 0 Å². The third-order valence-electron chi connectivity index (χ3n) is 6.35. The molecule has 1 saturated carbocycles. The van der Waals surface area contributed by atoms with Crippen LogP contribution in [0, 0.1) is 17.7 Å². The van der Waals surface area contributed by atoms with Crippen molar-refractivity contribution in [3.63, 3.8) is 0 Å². The molecule has 2 fully saturated rings. The predicted molar refractivity (Wildman–Crippen MR) is 136 cm³/mol. The average molecular weight is 556 g/mol. The van der Waals surface area contributed by atoms with Gasteiger partial charge in [0.25, 0.3) is 0 Å². The topological polar surface area (TPSA) is 139 Å². The highest BCUT2D eigenvalue weighted by Gasteiger charge is 2.27. The quantitative estimate of drug-likeness (QED) is 0.237. The third kappa shape index (κ3) is 8.37. The first-order chi connectivity index (χ1) is 18.0. The molecule has 2 aromatic rings. The summed E-state index contributed by atoms with van der Waals surface area (Å²) in [6.07, 6.45) is 7.85. The molecule has 0 radical (unpaired) electrons. The van der Waals surface area contributed by atoms with E-state index in [-0.39, 0.29) is 30.0 Å². The monoisotopic (exact) mass is 555 g/mol. The molecule has 2 aliphatic rings. The molecule has 2 amide bonds. The Kier molecular flexibility index (Phi) is 10.1. The Morgan fingerprint density at radius 2 is 1.97 bits per heavy atom. The number of hydrazine groups is 1. The Bertz CT molecular complexity index is 1040. The fourth-order valence-corrected chi connectivity index (χ4v) is 5.17. The van der Waals surface area contributed by atoms with E-state index in [4.69, 9.17) is 21.1 Å². The number of thiazole rings is 1. The Balaban J connectivity index is 1.34. The fraction of sp³-hybridized carbons (Fsp3) is 0.609. The summed E-state index contributed by atoms with van der Waals surface area (Å²) in [6.45, 7) is 0.885. The van der Waals surface area contributed by atoms with Gasteiger partial charge in [-0.15, -0.1) is 11.3 Å². The Morgan fingerprint density at radius 3 is 2.70 bits per heavy atom. The van der Waals surface area contributed by atoms with E-state index in [0.29, 0.717) is 25.4 Å². The molecule has 4 rings (SSSR count). The normalized spacial score (nSPS) is 18.7. The lowest BCUT2D eigenvalue weighted by Crippen LogP contribution is -2.43. The van der Waals surface area contributed by atoms with Crippen LogP contribution in [-0.4, -0.2) is 46.4 Å². The molecule has 1 unspecified atom stereocenters. The molecular formula is C23H31ClFN7O4S. The second-order valence-corrected chi connectivity index (χ2v) is 10.4. The van der Waals surface area contributed by atoms with Crippen molar-refractivity contribution < 1.29 is 23.5 Å². The molecule has 2 aromatic heterocycles. The SMILES string of the molecule is O=C(NC[C@@H](CC1CCCC1)C(=O)NNc1nc(Cl)nc(NCc2nccs2)c1F)OC1CCCCO1. The van der Waals surface area contributed by atoms with E-state index in [1.165, 1.54) is 11.3 Å². The lowest BCUT2D eigenvalue weighted by atomic mass is 9.92. The number of anilines is 2. The summed E-state index contributed by atoms with van der Waals surface area (Å²) in [5, 5.41) is 7.87. The third-order valence-corrected chi connectivity index (χ3v) is 7.30. The van der Waals surface area contributed by atoms with Crippen LogP contribution in [-0.2, 0) is 20.8 Å². The summed E-state index contributed by atoms with van der Waals surface area (Å²) >= 11 is 7.38. The van der Waals surface area contributed by atoms with Gasteiger partial charge in [0.1, 0.15) is 5.01 Å². The lowest BCUT2D eigenvalue weighted by Gasteiger charge is -2.24. The second kappa shape index (κ2) is 13.7. The Labute approximate surface area is 223 Å². The summed E-state index contributed by atoms with van der Waals surface area (Å²) < 4.78 is 25.7. The van der Waals surface area contributed by atoms with Gasteiger partial charge in [-0.2, -0.15) is 14.4 Å². The van der Waals surface area contributed by atoms with Crippen LogP contribution in [0.3, 0.4) is 0 Å². The van der Waals surface area contributed by atoms with Crippen LogP contribution in [0.25, 0.3) is 0 Å². The van der Waals surface area contributed by atoms with Crippen LogP contribution in [0.5, 0.6) is 0 Å². The van der Waals surface area contributed by atoms with Gasteiger partial charge in [-0.1, -0.05) is 25.7 Å². The van der Waals surface area contributed by atoms with E-state index in [1.807, 2.05) is 5.38 Å². The van der Waals surface area contributed by atoms with Gasteiger partial charge in [-0.25, -0.2) is 9.78 Å². The van der Waals surface area contributed by atoms with E-state index in [1.54, 1.807) is 6.20 Å². The number of alkyl carbamates (subject to hydrolysis) is 1. The number of halogens is 2. The smallest absolute Gasteiger partial charge is 0.409 e. The van der Waals surface area contributed by atoms with Crippen LogP contribution < -0.4 is 21.5 Å². The van der Waals surface area contributed by atoms with Crippen molar-refractivity contribution in [3.05, 3.63) is 27.7 Å². The van der Waals surface area contributed by atoms with Crippen molar-refractivity contribution in [2.45, 2.75) is 64.2 Å². The van der Waals surface area contributed by atoms with E-state index in [2.05, 4.69) is 36.4 Å². The van der Waals surface area contributed by atoms with Crippen LogP contribution in [0.1, 0.15) is 56.4 Å². The molecule has 2 atom stereocenters. The number of carbonyl (C=O) groups excluding carboxylic acids is 2. The summed E-state index contributed by atoms with van der Waals surface area (Å²) in [5.74, 6) is -1.80. The van der Waals surface area contributed by atoms with Crippen molar-refractivity contribution >= 4 is 46.6 Å². The average Bonchev–Trinajstić information content (AvgIpc) is 3.61. The molecule has 4 N–H and O–H groups in total. The number of carbonyl (C=O) groups is 2. The van der Waals surface area contributed by atoms with E-state index in [0.717, 1.165) is 43.5 Å². The first kappa shape index (κ1) is 27.3. The maximum atomic E-state index is 15.0. The molecule has 3 heterocycles. The maximum absolute atomic E-state index is 15.0. The summed E-state index contributed by atoms with van der Waals surface area (Å²) in [5.41, 5.74) is 5.03. The highest BCUT2D eigenvalue weighted by atomic mass is 35.5. The van der Waals surface area contributed by atoms with Gasteiger partial charge in [0, 0.05) is 24.5 Å². The van der Waals surface area contributed by atoms with Gasteiger partial charge in [-0.3, -0.25) is 15.6 Å². The van der Waals surface area contributed by atoms with Crippen molar-refractivity contribution in [2.24, 2.45) is 11.8 Å². The van der Waals surface area contributed by atoms with Crippen LogP contribution >= 0.6 is 22.9 Å². The first-order valence-electron chi connectivity index (χ1n) is 12.4. The Hall–Kier alpha value is -2.77. The van der Waals surface area contributed by atoms with Crippen LogP contribution in [0.4, 0.5) is 20.8 Å². The standard InChI is InChI=1S/C23H31ClFN7O4S/c24-22-29-19(27-13-16-26-8-10-37-16)18(25)20(30-22)31-32-21(33)15(11-14-5-1-2-6-14)12-28-23(34)36-17-7-3-4-9-35-17/h8,10,14-15,17H,1-7,9,11-13H2,(H,28,34)(H,32,33)(H2,27,29,30,31)/t15-,17?/m1/s1. The molecule has 0 spiro atoms. The van der Waals surface area contributed by atoms with Gasteiger partial charge in [0.15, 0.2) is 11.6 Å². The zero-order chi connectivity index (χ0) is 26.0. The van der Waals surface area contributed by atoms with Gasteiger partial charge in [0.2, 0.25) is 23.3 Å². The molecule has 37 heavy (non-hydrogen) atoms. The lowest BCUT2D eigenvalue weighted by molar-refractivity contribution is -0.127. The van der Waals surface area contributed by atoms with E-state index in [9.17, 15) is 14.0 Å². The van der Waals surface area contributed by atoms with Crippen LogP contribution in [0.2, 0.25) is 5.28 Å². The minimum absolute atomic E-state index is 0.0726. The number of hydrogen-bond acceptors (Lipinski definition) is 10. The number of ether oxygens (including phenoxy) is 2. The largest absolute Gasteiger partial charge is 0.420 e. The summed E-state index contributed by atoms with van der Waals surface area (Å²) in [7, 11) is 0. The number of rotatable bonds is 11. The number of aromatic nitrogens is 3. The minimum atomic E-state index is -0.803. The molecule has 0 bridgehead atoms. The number of hydrogen-bond donors (Lipinski definition) is 4.